The van der Waals surface area contributed by atoms with Crippen molar-refractivity contribution < 1.29 is 0 Å². The predicted octanol–water partition coefficient (Wildman–Crippen LogP) is 5.35. The number of imidazole rings is 1. The second kappa shape index (κ2) is 5.70. The van der Waals surface area contributed by atoms with Gasteiger partial charge in [-0.25, -0.2) is 4.98 Å². The number of aryl methyl sites for hydroxylation is 1. The van der Waals surface area contributed by atoms with Gasteiger partial charge in [-0.3, -0.25) is 0 Å². The molecule has 1 atom stereocenters. The molecule has 0 amide bonds. The number of halogens is 2. The Morgan fingerprint density at radius 1 is 1.14 bits per heavy atom. The van der Waals surface area contributed by atoms with Crippen molar-refractivity contribution >= 4 is 34.2 Å². The standard InChI is InChI=1S/C17H16Cl2N2/c1-11-6-8-13(9-7-11)12(2)21-15-5-3-4-14(19)17(15)20-16(21)10-18/h3-9,12H,10H2,1-2H3. The Balaban J connectivity index is 2.18. The van der Waals surface area contributed by atoms with E-state index in [-0.39, 0.29) is 6.04 Å². The van der Waals surface area contributed by atoms with Crippen molar-refractivity contribution in [3.8, 4) is 0 Å². The van der Waals surface area contributed by atoms with E-state index < -0.39 is 0 Å². The average Bonchev–Trinajstić information content (AvgIpc) is 2.87. The van der Waals surface area contributed by atoms with E-state index in [1.165, 1.54) is 11.1 Å². The van der Waals surface area contributed by atoms with Crippen LogP contribution in [0.4, 0.5) is 0 Å². The second-order valence-corrected chi connectivity index (χ2v) is 5.90. The number of nitrogens with zero attached hydrogens (tertiary/aromatic N) is 2. The molecule has 3 aromatic rings. The van der Waals surface area contributed by atoms with E-state index in [4.69, 9.17) is 23.2 Å². The molecular formula is C17H16Cl2N2. The Morgan fingerprint density at radius 3 is 2.52 bits per heavy atom. The fourth-order valence-corrected chi connectivity index (χ4v) is 3.05. The minimum Gasteiger partial charge on any atom is -0.320 e. The van der Waals surface area contributed by atoms with E-state index in [0.717, 1.165) is 16.9 Å². The normalized spacial score (nSPS) is 12.8. The number of para-hydroxylation sites is 1. The van der Waals surface area contributed by atoms with Gasteiger partial charge in [-0.1, -0.05) is 47.5 Å². The van der Waals surface area contributed by atoms with Crippen molar-refractivity contribution in [1.29, 1.82) is 0 Å². The van der Waals surface area contributed by atoms with Crippen LogP contribution in [0.15, 0.2) is 42.5 Å². The summed E-state index contributed by atoms with van der Waals surface area (Å²) < 4.78 is 2.17. The highest BCUT2D eigenvalue weighted by Gasteiger charge is 2.17. The van der Waals surface area contributed by atoms with E-state index in [1.54, 1.807) is 0 Å². The van der Waals surface area contributed by atoms with Gasteiger partial charge in [0.1, 0.15) is 11.3 Å². The third-order valence-electron chi connectivity index (χ3n) is 3.81. The first-order valence-corrected chi connectivity index (χ1v) is 7.81. The molecule has 0 saturated carbocycles. The van der Waals surface area contributed by atoms with Crippen LogP contribution >= 0.6 is 23.2 Å². The molecule has 0 aliphatic heterocycles. The molecule has 0 spiro atoms. The predicted molar refractivity (Wildman–Crippen MR) is 89.3 cm³/mol. The van der Waals surface area contributed by atoms with Crippen molar-refractivity contribution in [2.45, 2.75) is 25.8 Å². The summed E-state index contributed by atoms with van der Waals surface area (Å²) >= 11 is 12.3. The number of hydrogen-bond acceptors (Lipinski definition) is 1. The lowest BCUT2D eigenvalue weighted by molar-refractivity contribution is 0.634. The Morgan fingerprint density at radius 2 is 1.86 bits per heavy atom. The van der Waals surface area contributed by atoms with Crippen molar-refractivity contribution in [3.63, 3.8) is 0 Å². The lowest BCUT2D eigenvalue weighted by Gasteiger charge is -2.17. The van der Waals surface area contributed by atoms with Gasteiger partial charge in [-0.15, -0.1) is 11.6 Å². The van der Waals surface area contributed by atoms with Crippen LogP contribution in [0.5, 0.6) is 0 Å². The van der Waals surface area contributed by atoms with Gasteiger partial charge in [-0.05, 0) is 31.5 Å². The molecule has 0 aliphatic rings. The number of aromatic nitrogens is 2. The fourth-order valence-electron chi connectivity index (χ4n) is 2.65. The Labute approximate surface area is 134 Å². The molecule has 4 heteroatoms. The van der Waals surface area contributed by atoms with Crippen molar-refractivity contribution in [2.75, 3.05) is 0 Å². The highest BCUT2D eigenvalue weighted by atomic mass is 35.5. The van der Waals surface area contributed by atoms with Crippen LogP contribution in [0.2, 0.25) is 5.02 Å². The molecule has 0 fully saturated rings. The molecule has 108 valence electrons. The van der Waals surface area contributed by atoms with Gasteiger partial charge in [0, 0.05) is 0 Å². The largest absolute Gasteiger partial charge is 0.320 e. The number of benzene rings is 2. The second-order valence-electron chi connectivity index (χ2n) is 5.23. The monoisotopic (exact) mass is 318 g/mol. The maximum Gasteiger partial charge on any atom is 0.125 e. The SMILES string of the molecule is Cc1ccc(C(C)n2c(CCl)nc3c(Cl)cccc32)cc1. The van der Waals surface area contributed by atoms with Gasteiger partial charge < -0.3 is 4.57 Å². The Bertz CT molecular complexity index is 775. The summed E-state index contributed by atoms with van der Waals surface area (Å²) in [5.41, 5.74) is 4.31. The van der Waals surface area contributed by atoms with Gasteiger partial charge in [0.25, 0.3) is 0 Å². The van der Waals surface area contributed by atoms with Crippen LogP contribution in [0.1, 0.15) is 29.9 Å². The molecule has 2 nitrogen and oxygen atoms in total. The van der Waals surface area contributed by atoms with Crippen LogP contribution in [0.25, 0.3) is 11.0 Å². The number of alkyl halides is 1. The average molecular weight is 319 g/mol. The van der Waals surface area contributed by atoms with Crippen LogP contribution in [0, 0.1) is 6.92 Å². The first kappa shape index (κ1) is 14.4. The van der Waals surface area contributed by atoms with Gasteiger partial charge in [0.2, 0.25) is 0 Å². The summed E-state index contributed by atoms with van der Waals surface area (Å²) in [7, 11) is 0. The zero-order valence-corrected chi connectivity index (χ0v) is 13.5. The maximum atomic E-state index is 6.25. The highest BCUT2D eigenvalue weighted by molar-refractivity contribution is 6.35. The van der Waals surface area contributed by atoms with Crippen molar-refractivity contribution in [1.82, 2.24) is 9.55 Å². The smallest absolute Gasteiger partial charge is 0.125 e. The molecule has 21 heavy (non-hydrogen) atoms. The third kappa shape index (κ3) is 2.54. The minimum absolute atomic E-state index is 0.155. The van der Waals surface area contributed by atoms with E-state index in [0.29, 0.717) is 10.9 Å². The molecule has 1 aromatic heterocycles. The number of hydrogen-bond donors (Lipinski definition) is 0. The molecule has 1 heterocycles. The molecule has 0 saturated heterocycles. The lowest BCUT2D eigenvalue weighted by atomic mass is 10.1. The fraction of sp³-hybridized carbons (Fsp3) is 0.235. The molecule has 0 radical (unpaired) electrons. The van der Waals surface area contributed by atoms with Gasteiger partial charge in [0.15, 0.2) is 0 Å². The molecule has 1 unspecified atom stereocenters. The maximum absolute atomic E-state index is 6.25. The van der Waals surface area contributed by atoms with Crippen molar-refractivity contribution in [2.24, 2.45) is 0 Å². The van der Waals surface area contributed by atoms with Crippen LogP contribution < -0.4 is 0 Å². The van der Waals surface area contributed by atoms with Gasteiger partial charge in [0.05, 0.1) is 22.5 Å². The van der Waals surface area contributed by atoms with Crippen molar-refractivity contribution in [3.05, 3.63) is 64.4 Å². The number of rotatable bonds is 3. The molecule has 2 aromatic carbocycles. The quantitative estimate of drug-likeness (QED) is 0.595. The molecule has 3 rings (SSSR count). The third-order valence-corrected chi connectivity index (χ3v) is 4.35. The minimum atomic E-state index is 0.155. The summed E-state index contributed by atoms with van der Waals surface area (Å²) in [6.07, 6.45) is 0. The zero-order chi connectivity index (χ0) is 15.0. The van der Waals surface area contributed by atoms with Crippen LogP contribution in [-0.2, 0) is 5.88 Å². The Kier molecular flexibility index (Phi) is 3.92. The number of fused-ring (bicyclic) bond motifs is 1. The van der Waals surface area contributed by atoms with E-state index in [2.05, 4.69) is 47.7 Å². The van der Waals surface area contributed by atoms with E-state index >= 15 is 0 Å². The summed E-state index contributed by atoms with van der Waals surface area (Å²) in [4.78, 5) is 4.59. The lowest BCUT2D eigenvalue weighted by Crippen LogP contribution is -2.09. The summed E-state index contributed by atoms with van der Waals surface area (Å²) in [6, 6.07) is 14.5. The van der Waals surface area contributed by atoms with Crippen LogP contribution in [0.3, 0.4) is 0 Å². The van der Waals surface area contributed by atoms with Crippen LogP contribution in [-0.4, -0.2) is 9.55 Å². The topological polar surface area (TPSA) is 17.8 Å². The summed E-state index contributed by atoms with van der Waals surface area (Å²) in [5.74, 6) is 1.20. The van der Waals surface area contributed by atoms with E-state index in [9.17, 15) is 0 Å². The van der Waals surface area contributed by atoms with Gasteiger partial charge in [-0.2, -0.15) is 0 Å². The molecular weight excluding hydrogens is 303 g/mol. The first-order valence-electron chi connectivity index (χ1n) is 6.89. The first-order chi connectivity index (χ1) is 10.1. The van der Waals surface area contributed by atoms with Gasteiger partial charge >= 0.3 is 0 Å². The highest BCUT2D eigenvalue weighted by Crippen LogP contribution is 2.30. The van der Waals surface area contributed by atoms with E-state index in [1.807, 2.05) is 18.2 Å². The molecule has 0 bridgehead atoms. The Hall–Kier alpha value is -1.51. The summed E-state index contributed by atoms with van der Waals surface area (Å²) in [6.45, 7) is 4.24. The summed E-state index contributed by atoms with van der Waals surface area (Å²) in [5, 5.41) is 0.661. The molecule has 0 aliphatic carbocycles. The molecule has 0 N–H and O–H groups in total. The zero-order valence-electron chi connectivity index (χ0n) is 12.0.